The Morgan fingerprint density at radius 2 is 2.00 bits per heavy atom. The zero-order valence-corrected chi connectivity index (χ0v) is 14.3. The van der Waals surface area contributed by atoms with Gasteiger partial charge in [0.2, 0.25) is 5.91 Å². The fourth-order valence-electron chi connectivity index (χ4n) is 2.57. The van der Waals surface area contributed by atoms with Gasteiger partial charge in [-0.3, -0.25) is 14.2 Å². The van der Waals surface area contributed by atoms with Crippen molar-refractivity contribution in [3.63, 3.8) is 0 Å². The summed E-state index contributed by atoms with van der Waals surface area (Å²) in [5.41, 5.74) is 5.56. The number of aryl methyl sites for hydroxylation is 2. The monoisotopic (exact) mass is 337 g/mol. The molecule has 7 nitrogen and oxygen atoms in total. The molecule has 124 valence electrons. The van der Waals surface area contributed by atoms with E-state index >= 15 is 0 Å². The van der Waals surface area contributed by atoms with Gasteiger partial charge in [-0.2, -0.15) is 0 Å². The van der Waals surface area contributed by atoms with E-state index in [1.54, 1.807) is 27.7 Å². The zero-order chi connectivity index (χ0) is 17.3. The summed E-state index contributed by atoms with van der Waals surface area (Å²) in [6.45, 7) is 7.07. The van der Waals surface area contributed by atoms with Gasteiger partial charge < -0.3 is 10.5 Å². The van der Waals surface area contributed by atoms with Crippen LogP contribution in [0.5, 0.6) is 0 Å². The van der Waals surface area contributed by atoms with Crippen molar-refractivity contribution >= 4 is 33.4 Å². The summed E-state index contributed by atoms with van der Waals surface area (Å²) >= 11 is 1.12. The standard InChI is InChI=1S/C15H19N3O4S/c1-5-9(12(16)19)18-8(4)17-13-10(14(18)20)7(3)11(23-13)15(21)22-6-2/h9H,5-6H2,1-4H3,(H2,16,19). The van der Waals surface area contributed by atoms with Crippen LogP contribution in [0.3, 0.4) is 0 Å². The number of carbonyl (C=O) groups is 2. The normalized spacial score (nSPS) is 12.3. The second-order valence-corrected chi connectivity index (χ2v) is 6.12. The highest BCUT2D eigenvalue weighted by atomic mass is 32.1. The van der Waals surface area contributed by atoms with Crippen LogP contribution >= 0.6 is 11.3 Å². The Hall–Kier alpha value is -2.22. The van der Waals surface area contributed by atoms with Gasteiger partial charge >= 0.3 is 5.97 Å². The second kappa shape index (κ2) is 6.49. The molecule has 0 aromatic carbocycles. The topological polar surface area (TPSA) is 104 Å². The molecule has 0 saturated carbocycles. The Kier molecular flexibility index (Phi) is 4.84. The Morgan fingerprint density at radius 3 is 2.52 bits per heavy atom. The fraction of sp³-hybridized carbons (Fsp3) is 0.467. The highest BCUT2D eigenvalue weighted by Gasteiger charge is 2.25. The van der Waals surface area contributed by atoms with Crippen molar-refractivity contribution in [1.29, 1.82) is 0 Å². The van der Waals surface area contributed by atoms with Crippen LogP contribution in [-0.4, -0.2) is 28.0 Å². The van der Waals surface area contributed by atoms with E-state index in [1.807, 2.05) is 0 Å². The summed E-state index contributed by atoms with van der Waals surface area (Å²) in [4.78, 5) is 41.6. The van der Waals surface area contributed by atoms with Gasteiger partial charge in [-0.15, -0.1) is 11.3 Å². The molecular weight excluding hydrogens is 318 g/mol. The Balaban J connectivity index is 2.76. The minimum absolute atomic E-state index is 0.253. The molecular formula is C15H19N3O4S. The third-order valence-corrected chi connectivity index (χ3v) is 4.83. The maximum atomic E-state index is 12.8. The molecule has 2 aromatic heterocycles. The lowest BCUT2D eigenvalue weighted by molar-refractivity contribution is -0.121. The average Bonchev–Trinajstić information content (AvgIpc) is 2.80. The lowest BCUT2D eigenvalue weighted by atomic mass is 10.1. The number of aromatic nitrogens is 2. The van der Waals surface area contributed by atoms with Gasteiger partial charge in [0.1, 0.15) is 21.6 Å². The predicted molar refractivity (Wildman–Crippen MR) is 87.8 cm³/mol. The molecule has 0 radical (unpaired) electrons. The fourth-order valence-corrected chi connectivity index (χ4v) is 3.68. The van der Waals surface area contributed by atoms with Crippen molar-refractivity contribution in [2.75, 3.05) is 6.61 Å². The van der Waals surface area contributed by atoms with Crippen molar-refractivity contribution in [3.8, 4) is 0 Å². The van der Waals surface area contributed by atoms with E-state index in [2.05, 4.69) is 4.98 Å². The van der Waals surface area contributed by atoms with E-state index in [4.69, 9.17) is 10.5 Å². The summed E-state index contributed by atoms with van der Waals surface area (Å²) < 4.78 is 6.31. The van der Waals surface area contributed by atoms with Crippen LogP contribution in [0.4, 0.5) is 0 Å². The molecule has 2 N–H and O–H groups in total. The second-order valence-electron chi connectivity index (χ2n) is 5.12. The predicted octanol–water partition coefficient (Wildman–Crippen LogP) is 1.69. The number of primary amides is 1. The summed E-state index contributed by atoms with van der Waals surface area (Å²) in [6.07, 6.45) is 0.386. The van der Waals surface area contributed by atoms with Gasteiger partial charge in [-0.1, -0.05) is 6.92 Å². The number of nitrogens with two attached hydrogens (primary N) is 1. The van der Waals surface area contributed by atoms with Gasteiger partial charge in [0.25, 0.3) is 5.56 Å². The van der Waals surface area contributed by atoms with Crippen molar-refractivity contribution in [1.82, 2.24) is 9.55 Å². The van der Waals surface area contributed by atoms with Gasteiger partial charge in [0, 0.05) is 0 Å². The molecule has 2 rings (SSSR count). The first-order valence-corrected chi connectivity index (χ1v) is 8.13. The van der Waals surface area contributed by atoms with Gasteiger partial charge in [-0.05, 0) is 32.8 Å². The first-order chi connectivity index (χ1) is 10.8. The number of amides is 1. The Morgan fingerprint density at radius 1 is 1.35 bits per heavy atom. The third-order valence-electron chi connectivity index (χ3n) is 3.66. The van der Waals surface area contributed by atoms with Gasteiger partial charge in [0.05, 0.1) is 12.0 Å². The number of carbonyl (C=O) groups excluding carboxylic acids is 2. The van der Waals surface area contributed by atoms with Gasteiger partial charge in [0.15, 0.2) is 0 Å². The molecule has 2 aromatic rings. The molecule has 0 aliphatic heterocycles. The number of hydrogen-bond acceptors (Lipinski definition) is 6. The number of esters is 1. The quantitative estimate of drug-likeness (QED) is 0.836. The molecule has 0 aliphatic rings. The van der Waals surface area contributed by atoms with Crippen molar-refractivity contribution < 1.29 is 14.3 Å². The number of ether oxygens (including phenoxy) is 1. The van der Waals surface area contributed by atoms with Crippen LogP contribution in [0, 0.1) is 13.8 Å². The molecule has 0 bridgehead atoms. The molecule has 0 fully saturated rings. The van der Waals surface area contributed by atoms with E-state index in [-0.39, 0.29) is 12.2 Å². The maximum Gasteiger partial charge on any atom is 0.348 e. The molecule has 1 amide bonds. The summed E-state index contributed by atoms with van der Waals surface area (Å²) in [5.74, 6) is -0.666. The maximum absolute atomic E-state index is 12.8. The molecule has 8 heteroatoms. The average molecular weight is 337 g/mol. The van der Waals surface area contributed by atoms with Crippen LogP contribution in [0.15, 0.2) is 4.79 Å². The number of hydrogen-bond donors (Lipinski definition) is 1. The minimum atomic E-state index is -0.759. The van der Waals surface area contributed by atoms with Crippen LogP contribution < -0.4 is 11.3 Å². The smallest absolute Gasteiger partial charge is 0.348 e. The highest BCUT2D eigenvalue weighted by molar-refractivity contribution is 7.20. The summed E-state index contributed by atoms with van der Waals surface area (Å²) in [7, 11) is 0. The zero-order valence-electron chi connectivity index (χ0n) is 13.5. The number of rotatable bonds is 5. The van der Waals surface area contributed by atoms with E-state index < -0.39 is 17.9 Å². The number of thiophene rings is 1. The van der Waals surface area contributed by atoms with Crippen LogP contribution in [0.1, 0.15) is 47.4 Å². The first kappa shape index (κ1) is 17.1. The summed E-state index contributed by atoms with van der Waals surface area (Å²) in [6, 6.07) is -0.759. The van der Waals surface area contributed by atoms with Crippen LogP contribution in [-0.2, 0) is 9.53 Å². The van der Waals surface area contributed by atoms with Crippen LogP contribution in [0.2, 0.25) is 0 Å². The number of nitrogens with zero attached hydrogens (tertiary/aromatic N) is 2. The third kappa shape index (κ3) is 2.86. The molecule has 23 heavy (non-hydrogen) atoms. The van der Waals surface area contributed by atoms with Crippen LogP contribution in [0.25, 0.3) is 10.2 Å². The molecule has 1 unspecified atom stereocenters. The molecule has 0 aliphatic carbocycles. The van der Waals surface area contributed by atoms with E-state index in [0.29, 0.717) is 32.9 Å². The molecule has 2 heterocycles. The molecule has 0 spiro atoms. The van der Waals surface area contributed by atoms with E-state index in [9.17, 15) is 14.4 Å². The van der Waals surface area contributed by atoms with Crippen molar-refractivity contribution in [2.24, 2.45) is 5.73 Å². The lowest BCUT2D eigenvalue weighted by Gasteiger charge is -2.17. The first-order valence-electron chi connectivity index (χ1n) is 7.32. The largest absolute Gasteiger partial charge is 0.462 e. The summed E-state index contributed by atoms with van der Waals surface area (Å²) in [5, 5.41) is 0.336. The van der Waals surface area contributed by atoms with Crippen molar-refractivity contribution in [3.05, 3.63) is 26.6 Å². The molecule has 0 saturated heterocycles. The lowest BCUT2D eigenvalue weighted by Crippen LogP contribution is -2.35. The molecule has 1 atom stereocenters. The highest BCUT2D eigenvalue weighted by Crippen LogP contribution is 2.28. The van der Waals surface area contributed by atoms with Crippen molar-refractivity contribution in [2.45, 2.75) is 40.2 Å². The van der Waals surface area contributed by atoms with E-state index in [1.165, 1.54) is 4.57 Å². The Labute approximate surface area is 137 Å². The Bertz CT molecular complexity index is 837. The minimum Gasteiger partial charge on any atom is -0.462 e. The number of fused-ring (bicyclic) bond motifs is 1. The van der Waals surface area contributed by atoms with E-state index in [0.717, 1.165) is 11.3 Å². The van der Waals surface area contributed by atoms with Gasteiger partial charge in [-0.25, -0.2) is 9.78 Å². The SMILES string of the molecule is CCOC(=O)c1sc2nc(C)n(C(CC)C(N)=O)c(=O)c2c1C.